The Kier molecular flexibility index (Phi) is 6.57. The summed E-state index contributed by atoms with van der Waals surface area (Å²) in [6.07, 6.45) is 3.77. The number of likely N-dealkylation sites (tertiary alicyclic amines) is 1. The van der Waals surface area contributed by atoms with E-state index in [1.807, 2.05) is 24.0 Å². The van der Waals surface area contributed by atoms with Crippen LogP contribution in [0.15, 0.2) is 24.5 Å². The topological polar surface area (TPSA) is 66.0 Å². The highest BCUT2D eigenvalue weighted by atomic mass is 16.5. The first kappa shape index (κ1) is 18.8. The van der Waals surface area contributed by atoms with Crippen LogP contribution in [0.1, 0.15) is 18.9 Å². The molecule has 0 radical (unpaired) electrons. The predicted molar refractivity (Wildman–Crippen MR) is 97.3 cm³/mol. The minimum absolute atomic E-state index is 0.0596. The lowest BCUT2D eigenvalue weighted by Crippen LogP contribution is -2.44. The molecule has 3 heterocycles. The molecule has 1 unspecified atom stereocenters. The quantitative estimate of drug-likeness (QED) is 0.713. The molecular weight excluding hydrogens is 332 g/mol. The molecule has 2 amide bonds. The van der Waals surface area contributed by atoms with Crippen LogP contribution < -0.4 is 0 Å². The number of pyridine rings is 1. The highest BCUT2D eigenvalue weighted by molar-refractivity contribution is 5.89. The van der Waals surface area contributed by atoms with E-state index in [1.165, 1.54) is 0 Å². The zero-order valence-electron chi connectivity index (χ0n) is 15.5. The van der Waals surface area contributed by atoms with Gasteiger partial charge in [0.2, 0.25) is 11.8 Å². The Bertz CT molecular complexity index is 604. The van der Waals surface area contributed by atoms with Gasteiger partial charge in [0.25, 0.3) is 0 Å². The second kappa shape index (κ2) is 9.09. The van der Waals surface area contributed by atoms with Gasteiger partial charge in [-0.25, -0.2) is 0 Å². The molecule has 0 saturated carbocycles. The summed E-state index contributed by atoms with van der Waals surface area (Å²) in [7, 11) is 0. The van der Waals surface area contributed by atoms with E-state index in [-0.39, 0.29) is 17.7 Å². The Hall–Kier alpha value is -1.99. The minimum atomic E-state index is -0.228. The lowest BCUT2D eigenvalue weighted by molar-refractivity contribution is -0.136. The third-order valence-electron chi connectivity index (χ3n) is 5.17. The molecule has 1 aromatic rings. The summed E-state index contributed by atoms with van der Waals surface area (Å²) in [5.74, 6) is -0.0651. The van der Waals surface area contributed by atoms with Crippen LogP contribution in [0.2, 0.25) is 0 Å². The summed E-state index contributed by atoms with van der Waals surface area (Å²) in [6, 6.07) is 3.81. The molecule has 1 atom stereocenters. The van der Waals surface area contributed by atoms with Crippen molar-refractivity contribution < 1.29 is 14.3 Å². The van der Waals surface area contributed by atoms with E-state index < -0.39 is 0 Å². The molecule has 0 bridgehead atoms. The molecule has 7 heteroatoms. The normalized spacial score (nSPS) is 21.2. The van der Waals surface area contributed by atoms with Crippen LogP contribution in [0, 0.1) is 5.92 Å². The van der Waals surface area contributed by atoms with Crippen molar-refractivity contribution in [3.8, 4) is 0 Å². The van der Waals surface area contributed by atoms with Gasteiger partial charge in [-0.15, -0.1) is 0 Å². The van der Waals surface area contributed by atoms with Crippen LogP contribution in [0.25, 0.3) is 0 Å². The van der Waals surface area contributed by atoms with Gasteiger partial charge < -0.3 is 14.5 Å². The second-order valence-electron chi connectivity index (χ2n) is 6.90. The van der Waals surface area contributed by atoms with E-state index in [9.17, 15) is 9.59 Å². The SMILES string of the molecule is CCN(CCN1CCOCC1)C(=O)C1CC(=O)N(Cc2ccncc2)C1. The number of rotatable bonds is 7. The maximum absolute atomic E-state index is 12.9. The average Bonchev–Trinajstić information content (AvgIpc) is 3.04. The number of hydrogen-bond acceptors (Lipinski definition) is 5. The van der Waals surface area contributed by atoms with E-state index in [1.54, 1.807) is 17.3 Å². The Labute approximate surface area is 154 Å². The number of likely N-dealkylation sites (N-methyl/N-ethyl adjacent to an activating group) is 1. The first-order valence-electron chi connectivity index (χ1n) is 9.43. The lowest BCUT2D eigenvalue weighted by atomic mass is 10.1. The molecule has 0 aromatic carbocycles. The first-order chi connectivity index (χ1) is 12.7. The fourth-order valence-corrected chi connectivity index (χ4v) is 3.57. The summed E-state index contributed by atoms with van der Waals surface area (Å²) in [5.41, 5.74) is 1.04. The van der Waals surface area contributed by atoms with Gasteiger partial charge in [0, 0.05) is 64.6 Å². The number of amides is 2. The van der Waals surface area contributed by atoms with Gasteiger partial charge in [0.1, 0.15) is 0 Å². The van der Waals surface area contributed by atoms with E-state index in [4.69, 9.17) is 4.74 Å². The highest BCUT2D eigenvalue weighted by Gasteiger charge is 2.36. The smallest absolute Gasteiger partial charge is 0.228 e. The molecular formula is C19H28N4O3. The Morgan fingerprint density at radius 1 is 1.31 bits per heavy atom. The Morgan fingerprint density at radius 2 is 2.04 bits per heavy atom. The summed E-state index contributed by atoms with van der Waals surface area (Å²) in [5, 5.41) is 0. The second-order valence-corrected chi connectivity index (χ2v) is 6.90. The summed E-state index contributed by atoms with van der Waals surface area (Å²) in [4.78, 5) is 35.2. The van der Waals surface area contributed by atoms with Crippen LogP contribution in [0.3, 0.4) is 0 Å². The molecule has 2 aliphatic heterocycles. The predicted octanol–water partition coefficient (Wildman–Crippen LogP) is 0.611. The largest absolute Gasteiger partial charge is 0.379 e. The molecule has 1 aromatic heterocycles. The molecule has 0 aliphatic carbocycles. The molecule has 142 valence electrons. The van der Waals surface area contributed by atoms with Crippen molar-refractivity contribution in [1.82, 2.24) is 19.7 Å². The molecule has 3 rings (SSSR count). The van der Waals surface area contributed by atoms with Gasteiger partial charge in [-0.1, -0.05) is 0 Å². The number of morpholine rings is 1. The summed E-state index contributed by atoms with van der Waals surface area (Å²) in [6.45, 7) is 8.69. The van der Waals surface area contributed by atoms with Crippen molar-refractivity contribution in [2.45, 2.75) is 19.9 Å². The molecule has 2 aliphatic rings. The van der Waals surface area contributed by atoms with Crippen LogP contribution in [-0.4, -0.2) is 84.0 Å². The monoisotopic (exact) mass is 360 g/mol. The zero-order chi connectivity index (χ0) is 18.4. The van der Waals surface area contributed by atoms with E-state index in [0.29, 0.717) is 32.6 Å². The molecule has 0 N–H and O–H groups in total. The van der Waals surface area contributed by atoms with E-state index in [0.717, 1.165) is 38.4 Å². The van der Waals surface area contributed by atoms with Crippen molar-refractivity contribution in [2.24, 2.45) is 5.92 Å². The van der Waals surface area contributed by atoms with Gasteiger partial charge in [-0.2, -0.15) is 0 Å². The average molecular weight is 360 g/mol. The van der Waals surface area contributed by atoms with Gasteiger partial charge in [0.05, 0.1) is 19.1 Å². The number of hydrogen-bond donors (Lipinski definition) is 0. The number of aromatic nitrogens is 1. The summed E-state index contributed by atoms with van der Waals surface area (Å²) >= 11 is 0. The van der Waals surface area contributed by atoms with Gasteiger partial charge in [-0.05, 0) is 24.6 Å². The zero-order valence-corrected chi connectivity index (χ0v) is 15.5. The molecule has 2 saturated heterocycles. The van der Waals surface area contributed by atoms with Gasteiger partial charge in [-0.3, -0.25) is 19.5 Å². The van der Waals surface area contributed by atoms with Crippen molar-refractivity contribution in [1.29, 1.82) is 0 Å². The Morgan fingerprint density at radius 3 is 2.73 bits per heavy atom. The van der Waals surface area contributed by atoms with Crippen molar-refractivity contribution >= 4 is 11.8 Å². The van der Waals surface area contributed by atoms with Crippen LogP contribution in [0.5, 0.6) is 0 Å². The first-order valence-corrected chi connectivity index (χ1v) is 9.43. The number of carbonyl (C=O) groups excluding carboxylic acids is 2. The molecule has 7 nitrogen and oxygen atoms in total. The molecule has 0 spiro atoms. The third kappa shape index (κ3) is 4.80. The van der Waals surface area contributed by atoms with Crippen LogP contribution >= 0.6 is 0 Å². The van der Waals surface area contributed by atoms with Gasteiger partial charge in [0.15, 0.2) is 0 Å². The van der Waals surface area contributed by atoms with Gasteiger partial charge >= 0.3 is 0 Å². The van der Waals surface area contributed by atoms with Crippen LogP contribution in [-0.2, 0) is 20.9 Å². The fourth-order valence-electron chi connectivity index (χ4n) is 3.57. The Balaban J connectivity index is 1.52. The third-order valence-corrected chi connectivity index (χ3v) is 5.17. The summed E-state index contributed by atoms with van der Waals surface area (Å²) < 4.78 is 5.36. The standard InChI is InChI=1S/C19H28N4O3/c1-2-22(8-7-21-9-11-26-12-10-21)19(25)17-13-18(24)23(15-17)14-16-3-5-20-6-4-16/h3-6,17H,2,7-15H2,1H3. The highest BCUT2D eigenvalue weighted by Crippen LogP contribution is 2.22. The van der Waals surface area contributed by atoms with E-state index >= 15 is 0 Å². The number of ether oxygens (including phenoxy) is 1. The van der Waals surface area contributed by atoms with E-state index in [2.05, 4.69) is 9.88 Å². The van der Waals surface area contributed by atoms with Crippen molar-refractivity contribution in [3.63, 3.8) is 0 Å². The molecule has 2 fully saturated rings. The van der Waals surface area contributed by atoms with Crippen LogP contribution in [0.4, 0.5) is 0 Å². The lowest BCUT2D eigenvalue weighted by Gasteiger charge is -2.30. The number of nitrogens with zero attached hydrogens (tertiary/aromatic N) is 4. The minimum Gasteiger partial charge on any atom is -0.379 e. The maximum atomic E-state index is 12.9. The van der Waals surface area contributed by atoms with Crippen molar-refractivity contribution in [2.75, 3.05) is 52.5 Å². The maximum Gasteiger partial charge on any atom is 0.228 e. The molecule has 26 heavy (non-hydrogen) atoms. The fraction of sp³-hybridized carbons (Fsp3) is 0.632. The van der Waals surface area contributed by atoms with Crippen molar-refractivity contribution in [3.05, 3.63) is 30.1 Å². The number of carbonyl (C=O) groups is 2.